The summed E-state index contributed by atoms with van der Waals surface area (Å²) in [5.74, 6) is -0.0488. The van der Waals surface area contributed by atoms with Crippen LogP contribution in [0.15, 0.2) is 22.7 Å². The van der Waals surface area contributed by atoms with E-state index in [-0.39, 0.29) is 5.91 Å². The average Bonchev–Trinajstić information content (AvgIpc) is 2.98. The number of carbonyl (C=O) groups excluding carboxylic acids is 1. The smallest absolute Gasteiger partial charge is 0.251 e. The summed E-state index contributed by atoms with van der Waals surface area (Å²) in [5, 5.41) is 2.94. The van der Waals surface area contributed by atoms with Crippen molar-refractivity contribution in [2.24, 2.45) is 5.41 Å². The predicted octanol–water partition coefficient (Wildman–Crippen LogP) is 2.56. The van der Waals surface area contributed by atoms with Crippen LogP contribution in [0.3, 0.4) is 0 Å². The van der Waals surface area contributed by atoms with Gasteiger partial charge in [0, 0.05) is 22.3 Å². The molecule has 0 unspecified atom stereocenters. The highest BCUT2D eigenvalue weighted by atomic mass is 79.9. The molecular weight excluding hydrogens is 268 g/mol. The number of halogens is 1. The molecule has 3 N–H and O–H groups in total. The van der Waals surface area contributed by atoms with Crippen molar-refractivity contribution in [3.63, 3.8) is 0 Å². The summed E-state index contributed by atoms with van der Waals surface area (Å²) in [7, 11) is 0. The molecule has 1 amide bonds. The summed E-state index contributed by atoms with van der Waals surface area (Å²) in [5.41, 5.74) is 7.26. The Labute approximate surface area is 104 Å². The van der Waals surface area contributed by atoms with E-state index in [4.69, 9.17) is 5.73 Å². The van der Waals surface area contributed by atoms with E-state index in [0.29, 0.717) is 16.7 Å². The zero-order chi connectivity index (χ0) is 11.8. The molecule has 1 saturated carbocycles. The van der Waals surface area contributed by atoms with Crippen molar-refractivity contribution in [1.29, 1.82) is 0 Å². The zero-order valence-electron chi connectivity index (χ0n) is 9.22. The minimum Gasteiger partial charge on any atom is -0.398 e. The van der Waals surface area contributed by atoms with Crippen molar-refractivity contribution in [3.05, 3.63) is 28.2 Å². The molecule has 4 heteroatoms. The third-order valence-corrected chi connectivity index (χ3v) is 3.76. The van der Waals surface area contributed by atoms with Crippen LogP contribution in [0.1, 0.15) is 30.1 Å². The fourth-order valence-corrected chi connectivity index (χ4v) is 1.72. The number of hydrogen-bond donors (Lipinski definition) is 2. The highest BCUT2D eigenvalue weighted by Crippen LogP contribution is 2.44. The Hall–Kier alpha value is -1.03. The maximum atomic E-state index is 11.8. The lowest BCUT2D eigenvalue weighted by Gasteiger charge is -2.10. The van der Waals surface area contributed by atoms with Gasteiger partial charge in [-0.1, -0.05) is 6.92 Å². The molecule has 0 atom stereocenters. The number of benzene rings is 1. The lowest BCUT2D eigenvalue weighted by molar-refractivity contribution is 0.0946. The number of carbonyl (C=O) groups is 1. The van der Waals surface area contributed by atoms with Crippen molar-refractivity contribution < 1.29 is 4.79 Å². The molecular formula is C12H15BrN2O. The van der Waals surface area contributed by atoms with Gasteiger partial charge in [-0.05, 0) is 52.4 Å². The molecule has 3 nitrogen and oxygen atoms in total. The largest absolute Gasteiger partial charge is 0.398 e. The number of nitrogens with one attached hydrogen (secondary N) is 1. The molecule has 1 aromatic rings. The maximum Gasteiger partial charge on any atom is 0.251 e. The number of rotatable bonds is 3. The molecule has 2 rings (SSSR count). The molecule has 0 radical (unpaired) electrons. The molecule has 0 saturated heterocycles. The van der Waals surface area contributed by atoms with Gasteiger partial charge in [0.05, 0.1) is 0 Å². The molecule has 1 aliphatic carbocycles. The zero-order valence-corrected chi connectivity index (χ0v) is 10.8. The Morgan fingerprint density at radius 2 is 2.25 bits per heavy atom. The summed E-state index contributed by atoms with van der Waals surface area (Å²) in [4.78, 5) is 11.8. The monoisotopic (exact) mass is 282 g/mol. The summed E-state index contributed by atoms with van der Waals surface area (Å²) < 4.78 is 0.818. The molecule has 1 fully saturated rings. The summed E-state index contributed by atoms with van der Waals surface area (Å²) in [6.45, 7) is 2.94. The van der Waals surface area contributed by atoms with Crippen molar-refractivity contribution in [2.45, 2.75) is 19.8 Å². The van der Waals surface area contributed by atoms with Crippen molar-refractivity contribution >= 4 is 27.5 Å². The lowest BCUT2D eigenvalue weighted by atomic mass is 10.1. The first-order valence-electron chi connectivity index (χ1n) is 5.33. The first kappa shape index (κ1) is 11.5. The Bertz CT molecular complexity index is 427. The molecule has 1 aliphatic rings. The van der Waals surface area contributed by atoms with Crippen LogP contribution in [0, 0.1) is 5.41 Å². The van der Waals surface area contributed by atoms with Crippen molar-refractivity contribution in [3.8, 4) is 0 Å². The van der Waals surface area contributed by atoms with Gasteiger partial charge >= 0.3 is 0 Å². The first-order valence-corrected chi connectivity index (χ1v) is 6.13. The van der Waals surface area contributed by atoms with Gasteiger partial charge in [-0.25, -0.2) is 0 Å². The van der Waals surface area contributed by atoms with Crippen molar-refractivity contribution in [1.82, 2.24) is 5.32 Å². The maximum absolute atomic E-state index is 11.8. The SMILES string of the molecule is CC1(CNC(=O)c2ccc(Br)c(N)c2)CC1. The normalized spacial score (nSPS) is 16.9. The second-order valence-corrected chi connectivity index (χ2v) is 5.58. The van der Waals surface area contributed by atoms with Crippen LogP contribution in [0.25, 0.3) is 0 Å². The topological polar surface area (TPSA) is 55.1 Å². The molecule has 0 aliphatic heterocycles. The van der Waals surface area contributed by atoms with Gasteiger partial charge in [0.1, 0.15) is 0 Å². The summed E-state index contributed by atoms with van der Waals surface area (Å²) >= 11 is 3.30. The highest BCUT2D eigenvalue weighted by Gasteiger charge is 2.37. The Balaban J connectivity index is 2.00. The third kappa shape index (κ3) is 2.55. The van der Waals surface area contributed by atoms with E-state index in [0.717, 1.165) is 11.0 Å². The van der Waals surface area contributed by atoms with Crippen molar-refractivity contribution in [2.75, 3.05) is 12.3 Å². The van der Waals surface area contributed by atoms with E-state index in [2.05, 4.69) is 28.2 Å². The second-order valence-electron chi connectivity index (χ2n) is 4.73. The Morgan fingerprint density at radius 3 is 2.81 bits per heavy atom. The molecule has 0 bridgehead atoms. The highest BCUT2D eigenvalue weighted by molar-refractivity contribution is 9.10. The minimum atomic E-state index is -0.0488. The van der Waals surface area contributed by atoms with Gasteiger partial charge in [-0.3, -0.25) is 4.79 Å². The fourth-order valence-electron chi connectivity index (χ4n) is 1.47. The standard InChI is InChI=1S/C12H15BrN2O/c1-12(4-5-12)7-15-11(16)8-2-3-9(13)10(14)6-8/h2-3,6H,4-5,7,14H2,1H3,(H,15,16). The molecule has 1 aromatic carbocycles. The Kier molecular flexibility index (Phi) is 2.93. The van der Waals surface area contributed by atoms with Crippen LogP contribution < -0.4 is 11.1 Å². The molecule has 16 heavy (non-hydrogen) atoms. The van der Waals surface area contributed by atoms with E-state index in [1.54, 1.807) is 18.2 Å². The number of anilines is 1. The van der Waals surface area contributed by atoms with Crippen LogP contribution in [0.2, 0.25) is 0 Å². The molecule has 86 valence electrons. The number of amides is 1. The third-order valence-electron chi connectivity index (χ3n) is 3.04. The van der Waals surface area contributed by atoms with E-state index >= 15 is 0 Å². The van der Waals surface area contributed by atoms with Crippen LogP contribution in [0.5, 0.6) is 0 Å². The lowest BCUT2D eigenvalue weighted by Crippen LogP contribution is -2.29. The minimum absolute atomic E-state index is 0.0488. The van der Waals surface area contributed by atoms with Gasteiger partial charge in [0.15, 0.2) is 0 Å². The quantitative estimate of drug-likeness (QED) is 0.838. The second kappa shape index (κ2) is 4.09. The number of hydrogen-bond acceptors (Lipinski definition) is 2. The molecule has 0 spiro atoms. The van der Waals surface area contributed by atoms with Gasteiger partial charge < -0.3 is 11.1 Å². The van der Waals surface area contributed by atoms with Gasteiger partial charge in [-0.15, -0.1) is 0 Å². The van der Waals surface area contributed by atoms with Crippen LogP contribution in [0.4, 0.5) is 5.69 Å². The molecule has 0 heterocycles. The average molecular weight is 283 g/mol. The van der Waals surface area contributed by atoms with E-state index in [9.17, 15) is 4.79 Å². The van der Waals surface area contributed by atoms with E-state index in [1.807, 2.05) is 0 Å². The van der Waals surface area contributed by atoms with Crippen LogP contribution >= 0.6 is 15.9 Å². The van der Waals surface area contributed by atoms with E-state index in [1.165, 1.54) is 12.8 Å². The Morgan fingerprint density at radius 1 is 1.56 bits per heavy atom. The number of nitrogen functional groups attached to an aromatic ring is 1. The summed E-state index contributed by atoms with van der Waals surface area (Å²) in [6.07, 6.45) is 2.41. The van der Waals surface area contributed by atoms with Crippen LogP contribution in [-0.2, 0) is 0 Å². The van der Waals surface area contributed by atoms with Crippen LogP contribution in [-0.4, -0.2) is 12.5 Å². The number of nitrogens with two attached hydrogens (primary N) is 1. The summed E-state index contributed by atoms with van der Waals surface area (Å²) in [6, 6.07) is 5.25. The van der Waals surface area contributed by atoms with Gasteiger partial charge in [0.2, 0.25) is 0 Å². The predicted molar refractivity (Wildman–Crippen MR) is 68.2 cm³/mol. The molecule has 0 aromatic heterocycles. The van der Waals surface area contributed by atoms with Gasteiger partial charge in [-0.2, -0.15) is 0 Å². The first-order chi connectivity index (χ1) is 7.50. The fraction of sp³-hybridized carbons (Fsp3) is 0.417. The van der Waals surface area contributed by atoms with Gasteiger partial charge in [0.25, 0.3) is 5.91 Å². The van der Waals surface area contributed by atoms with E-state index < -0.39 is 0 Å².